The lowest BCUT2D eigenvalue weighted by Gasteiger charge is -2.18. The zero-order chi connectivity index (χ0) is 11.1. The summed E-state index contributed by atoms with van der Waals surface area (Å²) in [5.41, 5.74) is 0.922. The zero-order valence-corrected chi connectivity index (χ0v) is 9.23. The van der Waals surface area contributed by atoms with Crippen molar-refractivity contribution in [1.82, 2.24) is 9.88 Å². The van der Waals surface area contributed by atoms with Crippen LogP contribution < -0.4 is 5.32 Å². The van der Waals surface area contributed by atoms with E-state index in [1.165, 1.54) is 0 Å². The highest BCUT2D eigenvalue weighted by Gasteiger charge is 2.07. The molecule has 0 saturated heterocycles. The third kappa shape index (κ3) is 3.58. The SMILES string of the molecule is CCN(CC)C(=O)CNc1ccncc1. The fraction of sp³-hybridized carbons (Fsp3) is 0.455. The van der Waals surface area contributed by atoms with Gasteiger partial charge in [0.2, 0.25) is 5.91 Å². The molecule has 1 rings (SSSR count). The quantitative estimate of drug-likeness (QED) is 0.793. The molecule has 82 valence electrons. The smallest absolute Gasteiger partial charge is 0.241 e. The third-order valence-corrected chi connectivity index (χ3v) is 2.24. The van der Waals surface area contributed by atoms with E-state index < -0.39 is 0 Å². The van der Waals surface area contributed by atoms with Crippen molar-refractivity contribution >= 4 is 11.6 Å². The van der Waals surface area contributed by atoms with Crippen molar-refractivity contribution in [3.05, 3.63) is 24.5 Å². The first-order chi connectivity index (χ1) is 7.27. The number of rotatable bonds is 5. The fourth-order valence-electron chi connectivity index (χ4n) is 1.34. The molecule has 0 fully saturated rings. The van der Waals surface area contributed by atoms with E-state index in [2.05, 4.69) is 10.3 Å². The van der Waals surface area contributed by atoms with Crippen LogP contribution in [-0.4, -0.2) is 35.4 Å². The van der Waals surface area contributed by atoms with E-state index in [0.29, 0.717) is 6.54 Å². The average molecular weight is 207 g/mol. The Bertz CT molecular complexity index is 296. The van der Waals surface area contributed by atoms with Gasteiger partial charge in [-0.05, 0) is 26.0 Å². The van der Waals surface area contributed by atoms with Crippen LogP contribution in [0.3, 0.4) is 0 Å². The molecule has 0 aliphatic rings. The maximum atomic E-state index is 11.6. The van der Waals surface area contributed by atoms with Crippen LogP contribution in [0.25, 0.3) is 0 Å². The molecule has 4 nitrogen and oxygen atoms in total. The number of pyridine rings is 1. The fourth-order valence-corrected chi connectivity index (χ4v) is 1.34. The predicted octanol–water partition coefficient (Wildman–Crippen LogP) is 1.36. The Labute approximate surface area is 90.3 Å². The number of anilines is 1. The number of hydrogen-bond donors (Lipinski definition) is 1. The van der Waals surface area contributed by atoms with Gasteiger partial charge in [0.1, 0.15) is 0 Å². The van der Waals surface area contributed by atoms with E-state index in [-0.39, 0.29) is 5.91 Å². The van der Waals surface area contributed by atoms with E-state index >= 15 is 0 Å². The number of carbonyl (C=O) groups excluding carboxylic acids is 1. The van der Waals surface area contributed by atoms with Crippen LogP contribution in [0.2, 0.25) is 0 Å². The van der Waals surface area contributed by atoms with Gasteiger partial charge in [-0.15, -0.1) is 0 Å². The Balaban J connectivity index is 2.40. The number of hydrogen-bond acceptors (Lipinski definition) is 3. The Hall–Kier alpha value is -1.58. The molecule has 1 aromatic rings. The van der Waals surface area contributed by atoms with Crippen molar-refractivity contribution in [2.75, 3.05) is 25.0 Å². The highest BCUT2D eigenvalue weighted by Crippen LogP contribution is 2.02. The summed E-state index contributed by atoms with van der Waals surface area (Å²) in [6.45, 7) is 5.81. The summed E-state index contributed by atoms with van der Waals surface area (Å²) in [5, 5.41) is 3.06. The average Bonchev–Trinajstić information content (AvgIpc) is 2.29. The van der Waals surface area contributed by atoms with Gasteiger partial charge >= 0.3 is 0 Å². The lowest BCUT2D eigenvalue weighted by Crippen LogP contribution is -2.35. The van der Waals surface area contributed by atoms with Gasteiger partial charge in [0, 0.05) is 31.2 Å². The van der Waals surface area contributed by atoms with E-state index in [1.807, 2.05) is 26.0 Å². The second kappa shape index (κ2) is 6.01. The molecule has 0 unspecified atom stereocenters. The van der Waals surface area contributed by atoms with Crippen LogP contribution in [-0.2, 0) is 4.79 Å². The summed E-state index contributed by atoms with van der Waals surface area (Å²) in [5.74, 6) is 0.122. The lowest BCUT2D eigenvalue weighted by molar-refractivity contribution is -0.128. The molecule has 0 bridgehead atoms. The molecule has 0 aromatic carbocycles. The number of likely N-dealkylation sites (N-methyl/N-ethyl adjacent to an activating group) is 1. The van der Waals surface area contributed by atoms with Crippen LogP contribution in [0, 0.1) is 0 Å². The second-order valence-corrected chi connectivity index (χ2v) is 3.16. The molecule has 0 aliphatic carbocycles. The maximum Gasteiger partial charge on any atom is 0.241 e. The van der Waals surface area contributed by atoms with Gasteiger partial charge in [-0.25, -0.2) is 0 Å². The van der Waals surface area contributed by atoms with Crippen molar-refractivity contribution in [2.45, 2.75) is 13.8 Å². The van der Waals surface area contributed by atoms with Crippen molar-refractivity contribution < 1.29 is 4.79 Å². The first-order valence-electron chi connectivity index (χ1n) is 5.19. The molecule has 0 radical (unpaired) electrons. The third-order valence-electron chi connectivity index (χ3n) is 2.24. The summed E-state index contributed by atoms with van der Waals surface area (Å²) in [4.78, 5) is 17.3. The lowest BCUT2D eigenvalue weighted by atomic mass is 10.4. The van der Waals surface area contributed by atoms with E-state index in [0.717, 1.165) is 18.8 Å². The van der Waals surface area contributed by atoms with E-state index in [4.69, 9.17) is 0 Å². The normalized spacial score (nSPS) is 9.73. The molecule has 1 heterocycles. The van der Waals surface area contributed by atoms with Gasteiger partial charge in [0.05, 0.1) is 6.54 Å². The van der Waals surface area contributed by atoms with Crippen LogP contribution >= 0.6 is 0 Å². The molecule has 15 heavy (non-hydrogen) atoms. The van der Waals surface area contributed by atoms with Crippen LogP contribution in [0.4, 0.5) is 5.69 Å². The van der Waals surface area contributed by atoms with Crippen LogP contribution in [0.1, 0.15) is 13.8 Å². The molecule has 0 atom stereocenters. The molecule has 0 spiro atoms. The molecule has 4 heteroatoms. The Morgan fingerprint density at radius 2 is 1.93 bits per heavy atom. The Morgan fingerprint density at radius 1 is 1.33 bits per heavy atom. The summed E-state index contributed by atoms with van der Waals surface area (Å²) in [6.07, 6.45) is 3.40. The summed E-state index contributed by atoms with van der Waals surface area (Å²) < 4.78 is 0. The minimum atomic E-state index is 0.122. The molecule has 0 aliphatic heterocycles. The predicted molar refractivity (Wildman–Crippen MR) is 60.7 cm³/mol. The number of nitrogens with zero attached hydrogens (tertiary/aromatic N) is 2. The van der Waals surface area contributed by atoms with Gasteiger partial charge in [0.15, 0.2) is 0 Å². The number of aromatic nitrogens is 1. The first-order valence-corrected chi connectivity index (χ1v) is 5.19. The largest absolute Gasteiger partial charge is 0.376 e. The van der Waals surface area contributed by atoms with Crippen molar-refractivity contribution in [3.8, 4) is 0 Å². The molecule has 1 aromatic heterocycles. The number of carbonyl (C=O) groups is 1. The summed E-state index contributed by atoms with van der Waals surface area (Å²) in [6, 6.07) is 3.69. The van der Waals surface area contributed by atoms with E-state index in [1.54, 1.807) is 17.3 Å². The Morgan fingerprint density at radius 3 is 2.47 bits per heavy atom. The number of amides is 1. The van der Waals surface area contributed by atoms with Crippen molar-refractivity contribution in [3.63, 3.8) is 0 Å². The molecule has 1 N–H and O–H groups in total. The maximum absolute atomic E-state index is 11.6. The highest BCUT2D eigenvalue weighted by molar-refractivity contribution is 5.80. The van der Waals surface area contributed by atoms with Crippen molar-refractivity contribution in [1.29, 1.82) is 0 Å². The van der Waals surface area contributed by atoms with Gasteiger partial charge in [-0.2, -0.15) is 0 Å². The van der Waals surface area contributed by atoms with Crippen LogP contribution in [0.5, 0.6) is 0 Å². The van der Waals surface area contributed by atoms with Crippen molar-refractivity contribution in [2.24, 2.45) is 0 Å². The standard InChI is InChI=1S/C11H17N3O/c1-3-14(4-2)11(15)9-13-10-5-7-12-8-6-10/h5-8H,3-4,9H2,1-2H3,(H,12,13). The topological polar surface area (TPSA) is 45.2 Å². The molecular formula is C11H17N3O. The van der Waals surface area contributed by atoms with E-state index in [9.17, 15) is 4.79 Å². The molecular weight excluding hydrogens is 190 g/mol. The monoisotopic (exact) mass is 207 g/mol. The van der Waals surface area contributed by atoms with Gasteiger partial charge in [-0.1, -0.05) is 0 Å². The molecule has 0 saturated carbocycles. The summed E-state index contributed by atoms with van der Waals surface area (Å²) in [7, 11) is 0. The molecule has 1 amide bonds. The minimum Gasteiger partial charge on any atom is -0.376 e. The zero-order valence-electron chi connectivity index (χ0n) is 9.23. The van der Waals surface area contributed by atoms with Crippen LogP contribution in [0.15, 0.2) is 24.5 Å². The first kappa shape index (κ1) is 11.5. The van der Waals surface area contributed by atoms with Gasteiger partial charge in [0.25, 0.3) is 0 Å². The van der Waals surface area contributed by atoms with Gasteiger partial charge in [-0.3, -0.25) is 9.78 Å². The van der Waals surface area contributed by atoms with Gasteiger partial charge < -0.3 is 10.2 Å². The Kier molecular flexibility index (Phi) is 4.60. The second-order valence-electron chi connectivity index (χ2n) is 3.16. The summed E-state index contributed by atoms with van der Waals surface area (Å²) >= 11 is 0. The highest BCUT2D eigenvalue weighted by atomic mass is 16.2. The minimum absolute atomic E-state index is 0.122. The number of nitrogens with one attached hydrogen (secondary N) is 1.